The Balaban J connectivity index is 1.80. The van der Waals surface area contributed by atoms with Crippen molar-refractivity contribution in [3.63, 3.8) is 0 Å². The van der Waals surface area contributed by atoms with Crippen LogP contribution in [0.1, 0.15) is 25.0 Å². The molecule has 0 saturated carbocycles. The maximum absolute atomic E-state index is 12.4. The summed E-state index contributed by atoms with van der Waals surface area (Å²) in [6.45, 7) is 1.43. The number of amides is 1. The van der Waals surface area contributed by atoms with Crippen molar-refractivity contribution >= 4 is 23.6 Å². The quantitative estimate of drug-likeness (QED) is 0.609. The van der Waals surface area contributed by atoms with Gasteiger partial charge in [0.15, 0.2) is 0 Å². The van der Waals surface area contributed by atoms with Gasteiger partial charge >= 0.3 is 0 Å². The SMILES string of the molecule is N#C/C(=C\c1ccc(-c2ccc(Cl)cc2)o1)C(=O)N1CCCCC1. The van der Waals surface area contributed by atoms with Gasteiger partial charge < -0.3 is 9.32 Å². The Kier molecular flexibility index (Phi) is 5.02. The van der Waals surface area contributed by atoms with E-state index in [1.165, 1.54) is 6.08 Å². The molecule has 0 spiro atoms. The fourth-order valence-electron chi connectivity index (χ4n) is 2.75. The third kappa shape index (κ3) is 3.69. The zero-order chi connectivity index (χ0) is 16.9. The van der Waals surface area contributed by atoms with E-state index in [4.69, 9.17) is 16.0 Å². The van der Waals surface area contributed by atoms with Gasteiger partial charge in [0, 0.05) is 29.8 Å². The molecule has 2 aromatic rings. The molecular formula is C19H17ClN2O2. The molecule has 2 heterocycles. The first-order chi connectivity index (χ1) is 11.7. The van der Waals surface area contributed by atoms with E-state index in [-0.39, 0.29) is 11.5 Å². The maximum atomic E-state index is 12.4. The van der Waals surface area contributed by atoms with Crippen molar-refractivity contribution in [2.24, 2.45) is 0 Å². The van der Waals surface area contributed by atoms with Crippen LogP contribution in [0.5, 0.6) is 0 Å². The summed E-state index contributed by atoms with van der Waals surface area (Å²) in [4.78, 5) is 14.2. The normalized spacial score (nSPS) is 15.2. The van der Waals surface area contributed by atoms with Gasteiger partial charge in [-0.3, -0.25) is 4.79 Å². The fourth-order valence-corrected chi connectivity index (χ4v) is 2.88. The Hall–Kier alpha value is -2.51. The van der Waals surface area contributed by atoms with Crippen molar-refractivity contribution in [1.29, 1.82) is 5.26 Å². The first-order valence-electron chi connectivity index (χ1n) is 7.94. The van der Waals surface area contributed by atoms with E-state index in [1.807, 2.05) is 24.3 Å². The van der Waals surface area contributed by atoms with E-state index < -0.39 is 0 Å². The molecule has 1 aliphatic heterocycles. The van der Waals surface area contributed by atoms with Gasteiger partial charge in [-0.15, -0.1) is 0 Å². The second-order valence-corrected chi connectivity index (χ2v) is 6.17. The van der Waals surface area contributed by atoms with Gasteiger partial charge in [0.2, 0.25) is 0 Å². The molecule has 1 fully saturated rings. The van der Waals surface area contributed by atoms with Crippen LogP contribution >= 0.6 is 11.6 Å². The summed E-state index contributed by atoms with van der Waals surface area (Å²) >= 11 is 5.88. The summed E-state index contributed by atoms with van der Waals surface area (Å²) in [5.41, 5.74) is 0.994. The van der Waals surface area contributed by atoms with Crippen LogP contribution in [0, 0.1) is 11.3 Å². The minimum atomic E-state index is -0.221. The molecule has 0 N–H and O–H groups in total. The Morgan fingerprint density at radius 3 is 2.50 bits per heavy atom. The lowest BCUT2D eigenvalue weighted by Crippen LogP contribution is -2.36. The topological polar surface area (TPSA) is 57.2 Å². The molecule has 24 heavy (non-hydrogen) atoms. The lowest BCUT2D eigenvalue weighted by molar-refractivity contribution is -0.127. The lowest BCUT2D eigenvalue weighted by Gasteiger charge is -2.26. The highest BCUT2D eigenvalue weighted by atomic mass is 35.5. The molecule has 0 atom stereocenters. The van der Waals surface area contributed by atoms with Crippen LogP contribution in [0.25, 0.3) is 17.4 Å². The van der Waals surface area contributed by atoms with Gasteiger partial charge in [-0.05, 0) is 55.7 Å². The third-order valence-corrected chi connectivity index (χ3v) is 4.29. The van der Waals surface area contributed by atoms with E-state index in [0.717, 1.165) is 24.8 Å². The number of piperidine rings is 1. The van der Waals surface area contributed by atoms with Crippen molar-refractivity contribution in [2.75, 3.05) is 13.1 Å². The van der Waals surface area contributed by atoms with Crippen LogP contribution in [-0.2, 0) is 4.79 Å². The molecule has 1 amide bonds. The standard InChI is InChI=1S/C19H17ClN2O2/c20-16-6-4-14(5-7-16)18-9-8-17(24-18)12-15(13-21)19(23)22-10-2-1-3-11-22/h4-9,12H,1-3,10-11H2/b15-12+. The summed E-state index contributed by atoms with van der Waals surface area (Å²) in [7, 11) is 0. The molecule has 0 radical (unpaired) electrons. The van der Waals surface area contributed by atoms with Crippen molar-refractivity contribution in [1.82, 2.24) is 4.90 Å². The Morgan fingerprint density at radius 1 is 1.12 bits per heavy atom. The van der Waals surface area contributed by atoms with E-state index >= 15 is 0 Å². The molecule has 122 valence electrons. The smallest absolute Gasteiger partial charge is 0.264 e. The number of furan rings is 1. The summed E-state index contributed by atoms with van der Waals surface area (Å²) in [5.74, 6) is 0.934. The first kappa shape index (κ1) is 16.4. The highest BCUT2D eigenvalue weighted by Crippen LogP contribution is 2.25. The minimum absolute atomic E-state index is 0.105. The number of carbonyl (C=O) groups excluding carboxylic acids is 1. The van der Waals surface area contributed by atoms with Crippen LogP contribution in [0.3, 0.4) is 0 Å². The number of rotatable bonds is 3. The Bertz CT molecular complexity index is 794. The zero-order valence-corrected chi connectivity index (χ0v) is 13.9. The van der Waals surface area contributed by atoms with Gasteiger partial charge in [0.25, 0.3) is 5.91 Å². The molecule has 4 nitrogen and oxygen atoms in total. The molecule has 3 rings (SSSR count). The highest BCUT2D eigenvalue weighted by Gasteiger charge is 2.20. The van der Waals surface area contributed by atoms with Crippen LogP contribution in [0.15, 0.2) is 46.4 Å². The minimum Gasteiger partial charge on any atom is -0.457 e. The third-order valence-electron chi connectivity index (χ3n) is 4.04. The molecule has 1 aromatic heterocycles. The largest absolute Gasteiger partial charge is 0.457 e. The summed E-state index contributed by atoms with van der Waals surface area (Å²) in [6.07, 6.45) is 4.63. The van der Waals surface area contributed by atoms with Crippen LogP contribution in [0.4, 0.5) is 0 Å². The van der Waals surface area contributed by atoms with Crippen molar-refractivity contribution in [2.45, 2.75) is 19.3 Å². The summed E-state index contributed by atoms with van der Waals surface area (Å²) in [6, 6.07) is 12.9. The maximum Gasteiger partial charge on any atom is 0.264 e. The number of halogens is 1. The first-order valence-corrected chi connectivity index (χ1v) is 8.32. The van der Waals surface area contributed by atoms with Gasteiger partial charge in [0.05, 0.1) is 0 Å². The highest BCUT2D eigenvalue weighted by molar-refractivity contribution is 6.30. The average molecular weight is 341 g/mol. The molecule has 0 unspecified atom stereocenters. The second kappa shape index (κ2) is 7.37. The molecule has 0 bridgehead atoms. The van der Waals surface area contributed by atoms with Gasteiger partial charge in [-0.1, -0.05) is 11.6 Å². The fraction of sp³-hybridized carbons (Fsp3) is 0.263. The Labute approximate surface area is 145 Å². The number of benzene rings is 1. The predicted molar refractivity (Wildman–Crippen MR) is 93.2 cm³/mol. The van der Waals surface area contributed by atoms with E-state index in [9.17, 15) is 10.1 Å². The number of nitriles is 1. The summed E-state index contributed by atoms with van der Waals surface area (Å²) < 4.78 is 5.74. The van der Waals surface area contributed by atoms with Gasteiger partial charge in [-0.25, -0.2) is 0 Å². The molecule has 1 aliphatic rings. The average Bonchev–Trinajstić information content (AvgIpc) is 3.09. The zero-order valence-electron chi connectivity index (χ0n) is 13.2. The summed E-state index contributed by atoms with van der Waals surface area (Å²) in [5, 5.41) is 9.98. The van der Waals surface area contributed by atoms with Gasteiger partial charge in [-0.2, -0.15) is 5.26 Å². The lowest BCUT2D eigenvalue weighted by atomic mass is 10.1. The molecule has 5 heteroatoms. The number of likely N-dealkylation sites (tertiary alicyclic amines) is 1. The Morgan fingerprint density at radius 2 is 1.83 bits per heavy atom. The van der Waals surface area contributed by atoms with Crippen molar-refractivity contribution < 1.29 is 9.21 Å². The van der Waals surface area contributed by atoms with Gasteiger partial charge in [0.1, 0.15) is 23.2 Å². The van der Waals surface area contributed by atoms with E-state index in [2.05, 4.69) is 0 Å². The van der Waals surface area contributed by atoms with Crippen LogP contribution < -0.4 is 0 Å². The van der Waals surface area contributed by atoms with Crippen LogP contribution in [-0.4, -0.2) is 23.9 Å². The van der Waals surface area contributed by atoms with Crippen molar-refractivity contribution in [3.05, 3.63) is 52.8 Å². The number of nitrogens with zero attached hydrogens (tertiary/aromatic N) is 2. The predicted octanol–water partition coefficient (Wildman–Crippen LogP) is 4.52. The molecular weight excluding hydrogens is 324 g/mol. The second-order valence-electron chi connectivity index (χ2n) is 5.73. The molecule has 0 aliphatic carbocycles. The molecule has 1 saturated heterocycles. The number of carbonyl (C=O) groups is 1. The van der Waals surface area contributed by atoms with E-state index in [0.29, 0.717) is 29.6 Å². The monoisotopic (exact) mass is 340 g/mol. The number of hydrogen-bond donors (Lipinski definition) is 0. The number of hydrogen-bond acceptors (Lipinski definition) is 3. The molecule has 1 aromatic carbocycles. The van der Waals surface area contributed by atoms with Crippen molar-refractivity contribution in [3.8, 4) is 17.4 Å². The van der Waals surface area contributed by atoms with Crippen LogP contribution in [0.2, 0.25) is 5.02 Å². The van der Waals surface area contributed by atoms with E-state index in [1.54, 1.807) is 23.1 Å².